The van der Waals surface area contributed by atoms with E-state index in [9.17, 15) is 8.42 Å². The molecule has 0 amide bonds. The van der Waals surface area contributed by atoms with Crippen LogP contribution in [0.3, 0.4) is 0 Å². The van der Waals surface area contributed by atoms with E-state index in [4.69, 9.17) is 9.47 Å². The average Bonchev–Trinajstić information content (AvgIpc) is 3.40. The summed E-state index contributed by atoms with van der Waals surface area (Å²) in [5.74, 6) is 2.22. The summed E-state index contributed by atoms with van der Waals surface area (Å²) in [7, 11) is -3.20. The third-order valence-electron chi connectivity index (χ3n) is 5.81. The van der Waals surface area contributed by atoms with Crippen LogP contribution in [-0.2, 0) is 16.4 Å². The molecule has 1 aliphatic carbocycles. The van der Waals surface area contributed by atoms with Crippen molar-refractivity contribution in [1.82, 2.24) is 14.3 Å². The van der Waals surface area contributed by atoms with Crippen LogP contribution in [0.4, 0.5) is 11.6 Å². The van der Waals surface area contributed by atoms with Crippen LogP contribution in [0.1, 0.15) is 24.5 Å². The van der Waals surface area contributed by atoms with Gasteiger partial charge in [0.1, 0.15) is 17.6 Å². The van der Waals surface area contributed by atoms with Crippen LogP contribution >= 0.6 is 13.5 Å². The lowest BCUT2D eigenvalue weighted by Crippen LogP contribution is -2.29. The Balaban J connectivity index is 0.00000289. The highest BCUT2D eigenvalue weighted by Gasteiger charge is 2.29. The Kier molecular flexibility index (Phi) is 7.34. The Labute approximate surface area is 212 Å². The largest absolute Gasteiger partial charge is 0.489 e. The summed E-state index contributed by atoms with van der Waals surface area (Å²) in [6.45, 7) is 2.96. The Morgan fingerprint density at radius 2 is 1.97 bits per heavy atom. The SMILES string of the molecule is CC1=Cc2cc(Oc3ccnc(Nc4cccc(O[C@H]5CCN(S(C)(=O)=O)C5)c4)n3)ccc2C1.S. The van der Waals surface area contributed by atoms with E-state index >= 15 is 0 Å². The molecule has 0 radical (unpaired) electrons. The van der Waals surface area contributed by atoms with Crippen LogP contribution in [0.5, 0.6) is 17.4 Å². The fourth-order valence-corrected chi connectivity index (χ4v) is 5.07. The molecule has 10 heteroatoms. The average molecular weight is 513 g/mol. The minimum atomic E-state index is -3.20. The van der Waals surface area contributed by atoms with Crippen molar-refractivity contribution in [3.63, 3.8) is 0 Å². The first kappa shape index (κ1) is 25.0. The molecular weight excluding hydrogens is 484 g/mol. The maximum absolute atomic E-state index is 11.7. The second-order valence-corrected chi connectivity index (χ2v) is 10.6. The van der Waals surface area contributed by atoms with Crippen molar-refractivity contribution in [1.29, 1.82) is 0 Å². The van der Waals surface area contributed by atoms with Crippen LogP contribution in [0.2, 0.25) is 0 Å². The van der Waals surface area contributed by atoms with Gasteiger partial charge in [0, 0.05) is 30.6 Å². The first-order valence-corrected chi connectivity index (χ1v) is 13.0. The van der Waals surface area contributed by atoms with Crippen molar-refractivity contribution in [2.24, 2.45) is 0 Å². The van der Waals surface area contributed by atoms with E-state index in [1.807, 2.05) is 36.4 Å². The third kappa shape index (κ3) is 6.14. The number of fused-ring (bicyclic) bond motifs is 1. The molecule has 35 heavy (non-hydrogen) atoms. The summed E-state index contributed by atoms with van der Waals surface area (Å²) < 4.78 is 36.9. The van der Waals surface area contributed by atoms with Gasteiger partial charge in [-0.1, -0.05) is 23.8 Å². The fourth-order valence-electron chi connectivity index (χ4n) is 4.19. The van der Waals surface area contributed by atoms with Gasteiger partial charge in [-0.25, -0.2) is 13.4 Å². The molecule has 0 saturated carbocycles. The quantitative estimate of drug-likeness (QED) is 0.498. The molecule has 3 aromatic rings. The summed E-state index contributed by atoms with van der Waals surface area (Å²) >= 11 is 0. The Morgan fingerprint density at radius 3 is 2.77 bits per heavy atom. The van der Waals surface area contributed by atoms with Crippen molar-refractivity contribution in [2.75, 3.05) is 24.7 Å². The van der Waals surface area contributed by atoms with Crippen LogP contribution < -0.4 is 14.8 Å². The molecule has 1 fully saturated rings. The molecule has 2 aliphatic rings. The third-order valence-corrected chi connectivity index (χ3v) is 7.08. The molecule has 2 aromatic carbocycles. The van der Waals surface area contributed by atoms with Gasteiger partial charge >= 0.3 is 0 Å². The highest BCUT2D eigenvalue weighted by Crippen LogP contribution is 2.30. The number of hydrogen-bond acceptors (Lipinski definition) is 7. The maximum Gasteiger partial charge on any atom is 0.230 e. The predicted molar refractivity (Wildman–Crippen MR) is 141 cm³/mol. The molecule has 1 aromatic heterocycles. The zero-order valence-electron chi connectivity index (χ0n) is 19.6. The van der Waals surface area contributed by atoms with Crippen LogP contribution in [0.15, 0.2) is 60.3 Å². The van der Waals surface area contributed by atoms with Crippen molar-refractivity contribution >= 4 is 41.2 Å². The molecule has 1 aliphatic heterocycles. The van der Waals surface area contributed by atoms with Crippen LogP contribution in [-0.4, -0.2) is 48.1 Å². The zero-order chi connectivity index (χ0) is 23.7. The summed E-state index contributed by atoms with van der Waals surface area (Å²) in [6, 6.07) is 15.2. The van der Waals surface area contributed by atoms with Gasteiger partial charge in [0.2, 0.25) is 21.9 Å². The van der Waals surface area contributed by atoms with Gasteiger partial charge in [-0.05, 0) is 55.2 Å². The van der Waals surface area contributed by atoms with Gasteiger partial charge in [-0.15, -0.1) is 0 Å². The molecule has 1 atom stereocenters. The number of aromatic nitrogens is 2. The predicted octanol–water partition coefficient (Wildman–Crippen LogP) is 4.50. The number of sulfonamides is 1. The van der Waals surface area contributed by atoms with E-state index in [1.165, 1.54) is 27.3 Å². The Morgan fingerprint density at radius 1 is 1.11 bits per heavy atom. The zero-order valence-corrected chi connectivity index (χ0v) is 21.4. The maximum atomic E-state index is 11.7. The van der Waals surface area contributed by atoms with Crippen molar-refractivity contribution in [3.05, 3.63) is 71.4 Å². The number of nitrogens with one attached hydrogen (secondary N) is 1. The van der Waals surface area contributed by atoms with Gasteiger partial charge in [-0.3, -0.25) is 0 Å². The summed E-state index contributed by atoms with van der Waals surface area (Å²) in [5.41, 5.74) is 4.58. The molecule has 1 saturated heterocycles. The summed E-state index contributed by atoms with van der Waals surface area (Å²) in [5, 5.41) is 3.18. The van der Waals surface area contributed by atoms with Crippen molar-refractivity contribution in [2.45, 2.75) is 25.9 Å². The molecule has 1 N–H and O–H groups in total. The molecule has 0 unspecified atom stereocenters. The first-order chi connectivity index (χ1) is 16.3. The van der Waals surface area contributed by atoms with E-state index in [0.717, 1.165) is 17.9 Å². The van der Waals surface area contributed by atoms with Gasteiger partial charge in [0.25, 0.3) is 0 Å². The van der Waals surface area contributed by atoms with Crippen LogP contribution in [0.25, 0.3) is 6.08 Å². The molecule has 2 heterocycles. The molecule has 8 nitrogen and oxygen atoms in total. The van der Waals surface area contributed by atoms with Gasteiger partial charge < -0.3 is 14.8 Å². The van der Waals surface area contributed by atoms with E-state index in [2.05, 4.69) is 34.4 Å². The minimum Gasteiger partial charge on any atom is -0.489 e. The number of nitrogens with zero attached hydrogens (tertiary/aromatic N) is 3. The highest BCUT2D eigenvalue weighted by molar-refractivity contribution is 7.88. The molecule has 5 rings (SSSR count). The minimum absolute atomic E-state index is 0. The Bertz CT molecular complexity index is 1360. The lowest BCUT2D eigenvalue weighted by Gasteiger charge is -2.16. The van der Waals surface area contributed by atoms with Gasteiger partial charge in [0.05, 0.1) is 12.8 Å². The lowest BCUT2D eigenvalue weighted by molar-refractivity contribution is 0.216. The first-order valence-electron chi connectivity index (χ1n) is 11.1. The second kappa shape index (κ2) is 10.3. The summed E-state index contributed by atoms with van der Waals surface area (Å²) in [4.78, 5) is 8.76. The number of allylic oxidation sites excluding steroid dienone is 1. The second-order valence-electron chi connectivity index (χ2n) is 8.65. The number of hydrogen-bond donors (Lipinski definition) is 1. The van der Waals surface area contributed by atoms with Crippen LogP contribution in [0, 0.1) is 0 Å². The molecular formula is C25H28N4O4S2. The van der Waals surface area contributed by atoms with E-state index in [1.54, 1.807) is 12.3 Å². The van der Waals surface area contributed by atoms with Gasteiger partial charge in [0.15, 0.2) is 0 Å². The number of rotatable bonds is 7. The van der Waals surface area contributed by atoms with Crippen molar-refractivity contribution in [3.8, 4) is 17.4 Å². The van der Waals surface area contributed by atoms with E-state index in [0.29, 0.717) is 37.1 Å². The number of anilines is 2. The smallest absolute Gasteiger partial charge is 0.230 e. The standard InChI is InChI=1S/C25H26N4O4S.H2S/c1-17-12-18-6-7-22(14-19(18)13-17)33-24-8-10-26-25(28-24)27-20-4-3-5-21(15-20)32-23-9-11-29(16-23)34(2,30)31;/h3-8,10,13-15,23H,9,11-12,16H2,1-2H3,(H,26,27,28);1H2/t23-;/m0./s1. The Hall–Kier alpha value is -3.08. The topological polar surface area (TPSA) is 93.6 Å². The van der Waals surface area contributed by atoms with E-state index in [-0.39, 0.29) is 19.6 Å². The summed E-state index contributed by atoms with van der Waals surface area (Å²) in [6.07, 6.45) is 6.50. The fraction of sp³-hybridized carbons (Fsp3) is 0.280. The molecule has 0 spiro atoms. The molecule has 184 valence electrons. The highest BCUT2D eigenvalue weighted by atomic mass is 32.2. The van der Waals surface area contributed by atoms with Crippen molar-refractivity contribution < 1.29 is 17.9 Å². The number of ether oxygens (including phenoxy) is 2. The van der Waals surface area contributed by atoms with E-state index < -0.39 is 10.0 Å². The lowest BCUT2D eigenvalue weighted by atomic mass is 10.1. The number of benzene rings is 2. The normalized spacial score (nSPS) is 17.3. The van der Waals surface area contributed by atoms with Gasteiger partial charge in [-0.2, -0.15) is 22.8 Å². The molecule has 0 bridgehead atoms. The monoisotopic (exact) mass is 512 g/mol.